The average Bonchev–Trinajstić information content (AvgIpc) is 2.71. The van der Waals surface area contributed by atoms with Gasteiger partial charge in [-0.25, -0.2) is 8.42 Å². The van der Waals surface area contributed by atoms with Crippen LogP contribution in [0.3, 0.4) is 0 Å². The highest BCUT2D eigenvalue weighted by Crippen LogP contribution is 2.27. The molecular weight excluding hydrogens is 448 g/mol. The van der Waals surface area contributed by atoms with E-state index in [0.717, 1.165) is 11.1 Å². The minimum Gasteiger partial charge on any atom is -0.491 e. The number of hydrogen-bond acceptors (Lipinski definition) is 4. The smallest absolute Gasteiger partial charge is 0.263 e. The number of carbonyl (C=O) groups excluding carboxylic acids is 1. The number of hydrogen-bond donors (Lipinski definition) is 2. The zero-order valence-electron chi connectivity index (χ0n) is 18.3. The summed E-state index contributed by atoms with van der Waals surface area (Å²) in [7, 11) is -4.01. The molecule has 6 nitrogen and oxygen atoms in total. The fourth-order valence-corrected chi connectivity index (χ4v) is 4.64. The third-order valence-corrected chi connectivity index (χ3v) is 6.45. The molecule has 0 atom stereocenters. The summed E-state index contributed by atoms with van der Waals surface area (Å²) in [5.74, 6) is 0.234. The van der Waals surface area contributed by atoms with Crippen molar-refractivity contribution in [2.75, 3.05) is 10.0 Å². The van der Waals surface area contributed by atoms with Crippen LogP contribution in [0, 0.1) is 13.8 Å². The largest absolute Gasteiger partial charge is 0.491 e. The maximum Gasteiger partial charge on any atom is 0.263 e. The normalized spacial score (nSPS) is 11.3. The first kappa shape index (κ1) is 23.6. The molecule has 0 unspecified atom stereocenters. The highest BCUT2D eigenvalue weighted by Gasteiger charge is 2.21. The molecule has 168 valence electrons. The van der Waals surface area contributed by atoms with Crippen LogP contribution in [0.1, 0.15) is 35.3 Å². The first-order chi connectivity index (χ1) is 15.0. The van der Waals surface area contributed by atoms with E-state index < -0.39 is 15.9 Å². The van der Waals surface area contributed by atoms with E-state index >= 15 is 0 Å². The van der Waals surface area contributed by atoms with Crippen LogP contribution in [0.5, 0.6) is 5.75 Å². The molecule has 0 saturated heterocycles. The molecule has 3 aromatic rings. The van der Waals surface area contributed by atoms with E-state index in [0.29, 0.717) is 17.1 Å². The van der Waals surface area contributed by atoms with Crippen molar-refractivity contribution in [3.05, 3.63) is 82.4 Å². The molecule has 0 aromatic heterocycles. The molecule has 0 bridgehead atoms. The predicted octanol–water partition coefficient (Wildman–Crippen LogP) is 5.80. The lowest BCUT2D eigenvalue weighted by Gasteiger charge is -2.14. The van der Waals surface area contributed by atoms with Crippen LogP contribution in [-0.4, -0.2) is 20.4 Å². The number of sulfonamides is 1. The Hall–Kier alpha value is -3.03. The fraction of sp³-hybridized carbons (Fsp3) is 0.208. The highest BCUT2D eigenvalue weighted by atomic mass is 35.5. The molecule has 32 heavy (non-hydrogen) atoms. The minimum atomic E-state index is -4.01. The SMILES string of the molecule is Cc1ccc(C)c(NS(=O)(=O)c2cc(C(=O)Nc3ccc(OC(C)C)cc3)ccc2Cl)c1. The van der Waals surface area contributed by atoms with Crippen molar-refractivity contribution in [2.45, 2.75) is 38.7 Å². The summed E-state index contributed by atoms with van der Waals surface area (Å²) < 4.78 is 34.2. The second-order valence-electron chi connectivity index (χ2n) is 7.71. The van der Waals surface area contributed by atoms with Crippen LogP contribution < -0.4 is 14.8 Å². The van der Waals surface area contributed by atoms with Gasteiger partial charge in [-0.2, -0.15) is 0 Å². The van der Waals surface area contributed by atoms with Crippen LogP contribution in [0.2, 0.25) is 5.02 Å². The topological polar surface area (TPSA) is 84.5 Å². The lowest BCUT2D eigenvalue weighted by atomic mass is 10.1. The zero-order valence-corrected chi connectivity index (χ0v) is 19.8. The summed E-state index contributed by atoms with van der Waals surface area (Å²) >= 11 is 6.18. The van der Waals surface area contributed by atoms with Crippen molar-refractivity contribution in [3.63, 3.8) is 0 Å². The number of rotatable bonds is 7. The second kappa shape index (κ2) is 9.63. The Labute approximate surface area is 193 Å². The van der Waals surface area contributed by atoms with Gasteiger partial charge in [0.05, 0.1) is 16.8 Å². The molecule has 0 heterocycles. The van der Waals surface area contributed by atoms with Gasteiger partial charge in [0.1, 0.15) is 10.6 Å². The maximum atomic E-state index is 13.0. The number of nitrogens with one attached hydrogen (secondary N) is 2. The highest BCUT2D eigenvalue weighted by molar-refractivity contribution is 7.92. The van der Waals surface area contributed by atoms with Crippen LogP contribution in [-0.2, 0) is 10.0 Å². The molecule has 0 spiro atoms. The Kier molecular flexibility index (Phi) is 7.11. The Bertz CT molecular complexity index is 1240. The van der Waals surface area contributed by atoms with Gasteiger partial charge in [-0.05, 0) is 87.4 Å². The lowest BCUT2D eigenvalue weighted by Crippen LogP contribution is -2.17. The Morgan fingerprint density at radius 3 is 2.31 bits per heavy atom. The molecular formula is C24H25ClN2O4S. The Morgan fingerprint density at radius 2 is 1.66 bits per heavy atom. The summed E-state index contributed by atoms with van der Waals surface area (Å²) in [4.78, 5) is 12.6. The summed E-state index contributed by atoms with van der Waals surface area (Å²) in [5, 5.41) is 2.77. The van der Waals surface area contributed by atoms with Gasteiger partial charge in [-0.3, -0.25) is 9.52 Å². The predicted molar refractivity (Wildman–Crippen MR) is 128 cm³/mol. The first-order valence-electron chi connectivity index (χ1n) is 10.0. The summed E-state index contributed by atoms with van der Waals surface area (Å²) in [6, 6.07) is 16.5. The summed E-state index contributed by atoms with van der Waals surface area (Å²) in [5.41, 5.74) is 2.86. The van der Waals surface area contributed by atoms with Crippen molar-refractivity contribution >= 4 is 38.9 Å². The number of ether oxygens (including phenoxy) is 1. The average molecular weight is 473 g/mol. The number of carbonyl (C=O) groups is 1. The van der Waals surface area contributed by atoms with Crippen LogP contribution >= 0.6 is 11.6 Å². The van der Waals surface area contributed by atoms with Gasteiger partial charge >= 0.3 is 0 Å². The quantitative estimate of drug-likeness (QED) is 0.455. The van der Waals surface area contributed by atoms with Gasteiger partial charge in [0, 0.05) is 11.3 Å². The third-order valence-electron chi connectivity index (χ3n) is 4.60. The Balaban J connectivity index is 1.83. The van der Waals surface area contributed by atoms with E-state index in [1.807, 2.05) is 32.9 Å². The van der Waals surface area contributed by atoms with Gasteiger partial charge in [0.25, 0.3) is 15.9 Å². The zero-order chi connectivity index (χ0) is 23.5. The van der Waals surface area contributed by atoms with E-state index in [1.165, 1.54) is 18.2 Å². The minimum absolute atomic E-state index is 0.0227. The standard InChI is InChI=1S/C24H25ClN2O4S/c1-15(2)31-20-10-8-19(9-11-20)26-24(28)18-7-12-21(25)23(14-18)32(29,30)27-22-13-16(3)5-6-17(22)4/h5-15,27H,1-4H3,(H,26,28). The van der Waals surface area contributed by atoms with Crippen LogP contribution in [0.15, 0.2) is 65.6 Å². The molecule has 0 aliphatic carbocycles. The Morgan fingerprint density at radius 1 is 0.969 bits per heavy atom. The summed E-state index contributed by atoms with van der Waals surface area (Å²) in [6.45, 7) is 7.53. The molecule has 8 heteroatoms. The molecule has 0 aliphatic rings. The van der Waals surface area contributed by atoms with Crippen molar-refractivity contribution in [1.29, 1.82) is 0 Å². The van der Waals surface area contributed by atoms with Crippen LogP contribution in [0.4, 0.5) is 11.4 Å². The van der Waals surface area contributed by atoms with Crippen molar-refractivity contribution in [1.82, 2.24) is 0 Å². The van der Waals surface area contributed by atoms with E-state index in [2.05, 4.69) is 10.0 Å². The number of amides is 1. The monoisotopic (exact) mass is 472 g/mol. The summed E-state index contributed by atoms with van der Waals surface area (Å²) in [6.07, 6.45) is 0.0436. The molecule has 0 radical (unpaired) electrons. The fourth-order valence-electron chi connectivity index (χ4n) is 2.99. The van der Waals surface area contributed by atoms with E-state index in [9.17, 15) is 13.2 Å². The van der Waals surface area contributed by atoms with Gasteiger partial charge in [0.15, 0.2) is 0 Å². The van der Waals surface area contributed by atoms with E-state index in [4.69, 9.17) is 16.3 Å². The van der Waals surface area contributed by atoms with E-state index in [1.54, 1.807) is 37.3 Å². The molecule has 3 aromatic carbocycles. The van der Waals surface area contributed by atoms with Crippen molar-refractivity contribution in [3.8, 4) is 5.75 Å². The lowest BCUT2D eigenvalue weighted by molar-refractivity contribution is 0.102. The number of benzene rings is 3. The van der Waals surface area contributed by atoms with Gasteiger partial charge < -0.3 is 10.1 Å². The van der Waals surface area contributed by atoms with Gasteiger partial charge in [-0.15, -0.1) is 0 Å². The molecule has 1 amide bonds. The van der Waals surface area contributed by atoms with Gasteiger partial charge in [-0.1, -0.05) is 23.7 Å². The molecule has 0 aliphatic heterocycles. The maximum absolute atomic E-state index is 13.0. The molecule has 0 saturated carbocycles. The third kappa shape index (κ3) is 5.81. The number of aryl methyl sites for hydroxylation is 2. The van der Waals surface area contributed by atoms with E-state index in [-0.39, 0.29) is 21.6 Å². The second-order valence-corrected chi connectivity index (χ2v) is 9.77. The molecule has 0 fully saturated rings. The number of anilines is 2. The number of halogens is 1. The van der Waals surface area contributed by atoms with Gasteiger partial charge in [0.2, 0.25) is 0 Å². The van der Waals surface area contributed by atoms with Crippen molar-refractivity contribution in [2.24, 2.45) is 0 Å². The van der Waals surface area contributed by atoms with Crippen LogP contribution in [0.25, 0.3) is 0 Å². The molecule has 3 rings (SSSR count). The molecule has 2 N–H and O–H groups in total. The first-order valence-corrected chi connectivity index (χ1v) is 11.9. The van der Waals surface area contributed by atoms with Crippen molar-refractivity contribution < 1.29 is 17.9 Å².